The molecule has 52 heavy (non-hydrogen) atoms. The number of nitrogen functional groups attached to an aromatic ring is 1. The highest BCUT2D eigenvalue weighted by Crippen LogP contribution is 2.51. The van der Waals surface area contributed by atoms with Crippen LogP contribution in [0.15, 0.2) is 12.1 Å². The molecule has 2 amide bonds. The number of likely N-dealkylation sites (tertiary alicyclic amines) is 1. The third kappa shape index (κ3) is 6.49. The molecule has 4 aliphatic heterocycles. The molecule has 2 aromatic carbocycles. The van der Waals surface area contributed by atoms with E-state index in [-0.39, 0.29) is 84.2 Å². The summed E-state index contributed by atoms with van der Waals surface area (Å²) >= 11 is 7.84. The first kappa shape index (κ1) is 36.1. The maximum atomic E-state index is 16.7. The van der Waals surface area contributed by atoms with E-state index in [0.717, 1.165) is 37.1 Å². The average Bonchev–Trinajstić information content (AvgIpc) is 3.77. The van der Waals surface area contributed by atoms with Crippen LogP contribution in [0, 0.1) is 23.0 Å². The number of ether oxygens (including phenoxy) is 2. The molecule has 0 radical (unpaired) electrons. The van der Waals surface area contributed by atoms with Crippen molar-refractivity contribution in [1.82, 2.24) is 25.1 Å². The van der Waals surface area contributed by atoms with Crippen LogP contribution < -0.4 is 25.4 Å². The lowest BCUT2D eigenvalue weighted by Crippen LogP contribution is -2.54. The van der Waals surface area contributed by atoms with E-state index in [0.29, 0.717) is 38.0 Å². The highest BCUT2D eigenvalue weighted by Gasteiger charge is 2.37. The van der Waals surface area contributed by atoms with Crippen LogP contribution in [0.3, 0.4) is 0 Å². The number of methoxy groups -OCH3 is 1. The number of carbonyl (C=O) groups excluding carboxylic acids is 1. The number of carbonyl (C=O) groups is 1. The maximum Gasteiger partial charge on any atom is 0.318 e. The van der Waals surface area contributed by atoms with Crippen molar-refractivity contribution in [3.05, 3.63) is 34.4 Å². The summed E-state index contributed by atoms with van der Waals surface area (Å²) in [6.07, 6.45) is 4.35. The summed E-state index contributed by atoms with van der Waals surface area (Å²) in [6.45, 7) is 7.28. The Morgan fingerprint density at radius 2 is 1.92 bits per heavy atom. The summed E-state index contributed by atoms with van der Waals surface area (Å²) < 4.78 is 55.8. The second kappa shape index (κ2) is 14.6. The van der Waals surface area contributed by atoms with Crippen LogP contribution in [0.5, 0.6) is 11.8 Å². The first-order valence-electron chi connectivity index (χ1n) is 17.5. The van der Waals surface area contributed by atoms with Gasteiger partial charge in [-0.3, -0.25) is 4.90 Å². The summed E-state index contributed by atoms with van der Waals surface area (Å²) in [6, 6.07) is 4.81. The minimum atomic E-state index is -0.806. The largest absolute Gasteiger partial charge is 0.489 e. The number of piperidine rings is 1. The maximum absolute atomic E-state index is 16.7. The number of nitrogens with two attached hydrogens (primary N) is 1. The van der Waals surface area contributed by atoms with Gasteiger partial charge in [0.05, 0.1) is 34.3 Å². The molecule has 0 saturated carbocycles. The Bertz CT molecular complexity index is 2060. The van der Waals surface area contributed by atoms with Crippen molar-refractivity contribution in [2.75, 3.05) is 57.1 Å². The number of halogens is 4. The minimum Gasteiger partial charge on any atom is -0.489 e. The van der Waals surface area contributed by atoms with E-state index >= 15 is 4.39 Å². The van der Waals surface area contributed by atoms with Gasteiger partial charge in [0.2, 0.25) is 0 Å². The molecule has 3 saturated heterocycles. The molecule has 0 aliphatic carbocycles. The highest BCUT2D eigenvalue weighted by molar-refractivity contribution is 7.23. The second-order valence-corrected chi connectivity index (χ2v) is 15.3. The fourth-order valence-electron chi connectivity index (χ4n) is 7.88. The summed E-state index contributed by atoms with van der Waals surface area (Å²) in [5.41, 5.74) is 6.05. The highest BCUT2D eigenvalue weighted by atomic mass is 35.5. The van der Waals surface area contributed by atoms with E-state index in [2.05, 4.69) is 20.2 Å². The van der Waals surface area contributed by atoms with Crippen LogP contribution in [-0.2, 0) is 0 Å². The number of nitriles is 1. The molecule has 6 heterocycles. The predicted octanol–water partition coefficient (Wildman–Crippen LogP) is 6.88. The zero-order valence-corrected chi connectivity index (χ0v) is 30.7. The van der Waals surface area contributed by atoms with Crippen LogP contribution >= 0.6 is 22.9 Å². The van der Waals surface area contributed by atoms with Gasteiger partial charge in [-0.1, -0.05) is 17.7 Å². The zero-order chi connectivity index (χ0) is 36.8. The number of rotatable bonds is 4. The summed E-state index contributed by atoms with van der Waals surface area (Å²) in [7, 11) is 1.39. The van der Waals surface area contributed by atoms with Gasteiger partial charge in [-0.05, 0) is 64.1 Å². The van der Waals surface area contributed by atoms with Crippen LogP contribution in [-0.4, -0.2) is 96.5 Å². The number of thiophene rings is 1. The van der Waals surface area contributed by atoms with Gasteiger partial charge < -0.3 is 30.3 Å². The van der Waals surface area contributed by atoms with Crippen LogP contribution in [0.25, 0.3) is 32.1 Å². The average molecular weight is 757 g/mol. The molecule has 2 aromatic heterocycles. The molecule has 3 unspecified atom stereocenters. The third-order valence-electron chi connectivity index (χ3n) is 10.2. The minimum absolute atomic E-state index is 0.00601. The third-order valence-corrected chi connectivity index (χ3v) is 11.6. The first-order chi connectivity index (χ1) is 25.0. The number of alkyl halides is 1. The van der Waals surface area contributed by atoms with Crippen molar-refractivity contribution in [1.29, 1.82) is 5.26 Å². The van der Waals surface area contributed by atoms with Gasteiger partial charge in [0.15, 0.2) is 11.6 Å². The monoisotopic (exact) mass is 756 g/mol. The topological polar surface area (TPSA) is 133 Å². The van der Waals surface area contributed by atoms with Gasteiger partial charge in [-0.25, -0.2) is 18.0 Å². The zero-order valence-electron chi connectivity index (χ0n) is 29.1. The number of anilines is 2. The van der Waals surface area contributed by atoms with Crippen LogP contribution in [0.4, 0.5) is 28.8 Å². The van der Waals surface area contributed by atoms with Crippen molar-refractivity contribution in [3.63, 3.8) is 0 Å². The molecule has 0 spiro atoms. The molecule has 0 bridgehead atoms. The second-order valence-electron chi connectivity index (χ2n) is 13.9. The quantitative estimate of drug-likeness (QED) is 0.229. The number of benzene rings is 2. The molecule has 8 rings (SSSR count). The molecule has 3 fully saturated rings. The summed E-state index contributed by atoms with van der Waals surface area (Å²) in [5, 5.41) is 13.2. The standard InChI is InChI=1S/C29H28ClF2N7O3S.C7H12FN/c1-13(2)35-29(40)38-8-4-5-14(12-38)39-9-10-42-24-20-23(36-28(41-3)37-27(20)39)22(32)19(21(24)30)15-6-7-17(31)25-18(15)16(11-33)26(34)43-25;8-6-4-7-2-1-3-9(7)5-6/h6-7,13-14H,4-5,8-10,12,34H2,1-3H3,(H,35,40);6-7H,1-5H2. The number of nitrogens with one attached hydrogen (secondary N) is 1. The number of urea groups is 1. The lowest BCUT2D eigenvalue weighted by Gasteiger charge is -2.39. The van der Waals surface area contributed by atoms with Crippen LogP contribution in [0.2, 0.25) is 5.02 Å². The van der Waals surface area contributed by atoms with Crippen molar-refractivity contribution < 1.29 is 27.4 Å². The van der Waals surface area contributed by atoms with Gasteiger partial charge in [0.1, 0.15) is 41.0 Å². The Kier molecular flexibility index (Phi) is 10.2. The number of fused-ring (bicyclic) bond motifs is 2. The lowest BCUT2D eigenvalue weighted by atomic mass is 9.96. The normalized spacial score (nSPS) is 21.4. The molecular weight excluding hydrogens is 717 g/mol. The fourth-order valence-corrected chi connectivity index (χ4v) is 9.16. The molecular formula is C36H40ClF3N8O3S. The molecule has 16 heteroatoms. The molecule has 276 valence electrons. The van der Waals surface area contributed by atoms with Crippen molar-refractivity contribution in [3.8, 4) is 29.0 Å². The van der Waals surface area contributed by atoms with Gasteiger partial charge in [-0.2, -0.15) is 15.2 Å². The molecule has 4 aliphatic rings. The number of hydrogen-bond acceptors (Lipinski definition) is 10. The van der Waals surface area contributed by atoms with Crippen LogP contribution in [0.1, 0.15) is 51.5 Å². The molecule has 3 N–H and O–H groups in total. The predicted molar refractivity (Wildman–Crippen MR) is 196 cm³/mol. The lowest BCUT2D eigenvalue weighted by molar-refractivity contribution is 0.175. The van der Waals surface area contributed by atoms with Gasteiger partial charge >= 0.3 is 12.0 Å². The van der Waals surface area contributed by atoms with Gasteiger partial charge in [0, 0.05) is 48.7 Å². The first-order valence-corrected chi connectivity index (χ1v) is 18.7. The number of hydrogen-bond donors (Lipinski definition) is 2. The van der Waals surface area contributed by atoms with Crippen molar-refractivity contribution in [2.45, 2.75) is 70.2 Å². The molecule has 4 aromatic rings. The number of aromatic nitrogens is 2. The Labute approximate surface area is 308 Å². The number of amides is 2. The summed E-state index contributed by atoms with van der Waals surface area (Å²) in [5.74, 6) is -0.856. The summed E-state index contributed by atoms with van der Waals surface area (Å²) in [4.78, 5) is 27.9. The van der Waals surface area contributed by atoms with Crippen molar-refractivity contribution in [2.24, 2.45) is 0 Å². The van der Waals surface area contributed by atoms with Gasteiger partial charge in [0.25, 0.3) is 0 Å². The van der Waals surface area contributed by atoms with E-state index < -0.39 is 17.8 Å². The molecule has 3 atom stereocenters. The Balaban J connectivity index is 0.000000404. The van der Waals surface area contributed by atoms with Gasteiger partial charge in [-0.15, -0.1) is 11.3 Å². The van der Waals surface area contributed by atoms with E-state index in [1.54, 1.807) is 4.90 Å². The van der Waals surface area contributed by atoms with Crippen molar-refractivity contribution >= 4 is 60.8 Å². The number of nitrogens with zero attached hydrogens (tertiary/aromatic N) is 6. The fraction of sp³-hybridized carbons (Fsp3) is 0.500. The van der Waals surface area contributed by atoms with E-state index in [1.165, 1.54) is 32.1 Å². The van der Waals surface area contributed by atoms with E-state index in [1.807, 2.05) is 24.8 Å². The Morgan fingerprint density at radius 3 is 2.65 bits per heavy atom. The van der Waals surface area contributed by atoms with E-state index in [4.69, 9.17) is 26.8 Å². The molecule has 11 nitrogen and oxygen atoms in total. The smallest absolute Gasteiger partial charge is 0.318 e. The Morgan fingerprint density at radius 1 is 1.15 bits per heavy atom. The SMILES string of the molecule is COc1nc2c3c(c(Cl)c(-c4ccc(F)c5sc(N)c(C#N)c45)c(F)c3n1)OCCN2C1CCCN(C(=O)NC(C)C)C1.FC1CC2CCCN2C1. The Hall–Kier alpha value is -4.26. The van der Waals surface area contributed by atoms with E-state index in [9.17, 15) is 18.8 Å².